The summed E-state index contributed by atoms with van der Waals surface area (Å²) in [6, 6.07) is 17.9. The zero-order valence-electron chi connectivity index (χ0n) is 17.5. The molecular formula is C23H30ClN3O3. The van der Waals surface area contributed by atoms with Crippen LogP contribution < -0.4 is 5.32 Å². The second kappa shape index (κ2) is 11.1. The number of anilines is 1. The minimum Gasteiger partial charge on any atom is -0.480 e. The summed E-state index contributed by atoms with van der Waals surface area (Å²) >= 11 is 0. The summed E-state index contributed by atoms with van der Waals surface area (Å²) in [5.74, 6) is -0.828. The van der Waals surface area contributed by atoms with Gasteiger partial charge in [0.1, 0.15) is 0 Å². The lowest BCUT2D eigenvalue weighted by Gasteiger charge is -2.38. The van der Waals surface area contributed by atoms with Crippen LogP contribution in [0.25, 0.3) is 11.1 Å². The topological polar surface area (TPSA) is 72.9 Å². The summed E-state index contributed by atoms with van der Waals surface area (Å²) in [6.07, 6.45) is 1.73. The van der Waals surface area contributed by atoms with E-state index in [0.29, 0.717) is 0 Å². The van der Waals surface area contributed by atoms with Crippen molar-refractivity contribution in [2.75, 3.05) is 32.0 Å². The van der Waals surface area contributed by atoms with Crippen LogP contribution in [-0.2, 0) is 9.59 Å². The Balaban J connectivity index is 0.00000320. The van der Waals surface area contributed by atoms with Gasteiger partial charge >= 0.3 is 5.97 Å². The van der Waals surface area contributed by atoms with Gasteiger partial charge in [0.25, 0.3) is 0 Å². The van der Waals surface area contributed by atoms with Crippen LogP contribution in [0.5, 0.6) is 0 Å². The highest BCUT2D eigenvalue weighted by molar-refractivity contribution is 5.98. The van der Waals surface area contributed by atoms with Gasteiger partial charge in [0.05, 0.1) is 12.6 Å². The van der Waals surface area contributed by atoms with Crippen molar-refractivity contribution >= 4 is 30.0 Å². The molecular weight excluding hydrogens is 402 g/mol. The number of para-hydroxylation sites is 1. The van der Waals surface area contributed by atoms with E-state index in [1.54, 1.807) is 0 Å². The first kappa shape index (κ1) is 23.9. The number of nitrogens with zero attached hydrogens (tertiary/aromatic N) is 2. The van der Waals surface area contributed by atoms with Gasteiger partial charge in [0.15, 0.2) is 0 Å². The molecule has 1 amide bonds. The van der Waals surface area contributed by atoms with E-state index in [2.05, 4.69) is 10.2 Å². The first-order valence-corrected chi connectivity index (χ1v) is 10.1. The Morgan fingerprint density at radius 1 is 1.10 bits per heavy atom. The first-order chi connectivity index (χ1) is 14.0. The van der Waals surface area contributed by atoms with Crippen LogP contribution in [-0.4, -0.2) is 65.5 Å². The second-order valence-corrected chi connectivity index (χ2v) is 7.65. The van der Waals surface area contributed by atoms with E-state index < -0.39 is 5.97 Å². The molecule has 6 nitrogen and oxygen atoms in total. The Labute approximate surface area is 184 Å². The number of benzene rings is 2. The lowest BCUT2D eigenvalue weighted by Crippen LogP contribution is -2.50. The summed E-state index contributed by atoms with van der Waals surface area (Å²) in [5.41, 5.74) is 2.88. The number of amides is 1. The van der Waals surface area contributed by atoms with Crippen LogP contribution >= 0.6 is 12.4 Å². The van der Waals surface area contributed by atoms with Gasteiger partial charge in [-0.2, -0.15) is 0 Å². The number of piperidine rings is 1. The third-order valence-electron chi connectivity index (χ3n) is 5.70. The molecule has 0 aromatic heterocycles. The third kappa shape index (κ3) is 6.05. The number of hydrogen-bond donors (Lipinski definition) is 2. The largest absolute Gasteiger partial charge is 0.480 e. The zero-order chi connectivity index (χ0) is 20.8. The van der Waals surface area contributed by atoms with E-state index in [1.807, 2.05) is 73.5 Å². The fourth-order valence-electron chi connectivity index (χ4n) is 3.92. The SMILES string of the molecule is CC(C(=O)Nc1ccccc1-c1ccccc1)N1CCC(N(C)CC(=O)O)CC1.Cl. The molecule has 2 aromatic rings. The van der Waals surface area contributed by atoms with Crippen LogP contribution in [0.1, 0.15) is 19.8 Å². The molecule has 3 rings (SSSR count). The van der Waals surface area contributed by atoms with Gasteiger partial charge in [-0.3, -0.25) is 19.4 Å². The minimum absolute atomic E-state index is 0. The van der Waals surface area contributed by atoms with Gasteiger partial charge in [-0.05, 0) is 38.4 Å². The number of hydrogen-bond acceptors (Lipinski definition) is 4. The first-order valence-electron chi connectivity index (χ1n) is 10.1. The zero-order valence-corrected chi connectivity index (χ0v) is 18.3. The van der Waals surface area contributed by atoms with Crippen molar-refractivity contribution in [2.24, 2.45) is 0 Å². The van der Waals surface area contributed by atoms with E-state index >= 15 is 0 Å². The molecule has 1 heterocycles. The smallest absolute Gasteiger partial charge is 0.317 e. The number of aliphatic carboxylic acids is 1. The highest BCUT2D eigenvalue weighted by Crippen LogP contribution is 2.28. The van der Waals surface area contributed by atoms with Crippen molar-refractivity contribution in [3.05, 3.63) is 54.6 Å². The highest BCUT2D eigenvalue weighted by atomic mass is 35.5. The van der Waals surface area contributed by atoms with Crippen LogP contribution in [0.3, 0.4) is 0 Å². The van der Waals surface area contributed by atoms with Gasteiger partial charge in [0.2, 0.25) is 5.91 Å². The maximum Gasteiger partial charge on any atom is 0.317 e. The number of likely N-dealkylation sites (tertiary alicyclic amines) is 1. The number of halogens is 1. The molecule has 1 saturated heterocycles. The third-order valence-corrected chi connectivity index (χ3v) is 5.70. The van der Waals surface area contributed by atoms with E-state index in [0.717, 1.165) is 42.7 Å². The lowest BCUT2D eigenvalue weighted by molar-refractivity contribution is -0.138. The van der Waals surface area contributed by atoms with Crippen molar-refractivity contribution in [1.29, 1.82) is 0 Å². The summed E-state index contributed by atoms with van der Waals surface area (Å²) in [5, 5.41) is 12.1. The van der Waals surface area contributed by atoms with E-state index in [4.69, 9.17) is 5.11 Å². The van der Waals surface area contributed by atoms with E-state index in [9.17, 15) is 9.59 Å². The molecule has 0 radical (unpaired) electrons. The molecule has 1 fully saturated rings. The van der Waals surface area contributed by atoms with Crippen molar-refractivity contribution in [3.8, 4) is 11.1 Å². The summed E-state index contributed by atoms with van der Waals surface area (Å²) in [7, 11) is 1.85. The quantitative estimate of drug-likeness (QED) is 0.701. The van der Waals surface area contributed by atoms with Crippen molar-refractivity contribution in [3.63, 3.8) is 0 Å². The number of carboxylic acids is 1. The van der Waals surface area contributed by atoms with Crippen molar-refractivity contribution in [2.45, 2.75) is 31.8 Å². The molecule has 7 heteroatoms. The number of rotatable bonds is 7. The van der Waals surface area contributed by atoms with Crippen molar-refractivity contribution < 1.29 is 14.7 Å². The molecule has 2 N–H and O–H groups in total. The maximum absolute atomic E-state index is 12.9. The molecule has 0 bridgehead atoms. The van der Waals surface area contributed by atoms with Crippen LogP contribution in [0.4, 0.5) is 5.69 Å². The minimum atomic E-state index is -0.806. The average molecular weight is 432 g/mol. The van der Waals surface area contributed by atoms with Gasteiger partial charge in [-0.25, -0.2) is 0 Å². The number of carbonyl (C=O) groups is 2. The predicted octanol–water partition coefficient (Wildman–Crippen LogP) is 3.58. The van der Waals surface area contributed by atoms with E-state index in [-0.39, 0.29) is 36.9 Å². The Kier molecular flexibility index (Phi) is 8.84. The molecule has 1 unspecified atom stereocenters. The normalized spacial score (nSPS) is 16.0. The molecule has 1 aliphatic rings. The Hall–Kier alpha value is -2.41. The Morgan fingerprint density at radius 2 is 1.70 bits per heavy atom. The van der Waals surface area contributed by atoms with Gasteiger partial charge < -0.3 is 10.4 Å². The summed E-state index contributed by atoms with van der Waals surface area (Å²) < 4.78 is 0. The fraction of sp³-hybridized carbons (Fsp3) is 0.391. The second-order valence-electron chi connectivity index (χ2n) is 7.65. The summed E-state index contributed by atoms with van der Waals surface area (Å²) in [6.45, 7) is 3.55. The molecule has 162 valence electrons. The standard InChI is InChI=1S/C23H29N3O3.ClH/c1-17(26-14-12-19(13-15-26)25(2)16-22(27)28)23(29)24-21-11-7-6-10-20(21)18-8-4-3-5-9-18;/h3-11,17,19H,12-16H2,1-2H3,(H,24,29)(H,27,28);1H. The molecule has 0 saturated carbocycles. The summed E-state index contributed by atoms with van der Waals surface area (Å²) in [4.78, 5) is 27.9. The highest BCUT2D eigenvalue weighted by Gasteiger charge is 2.29. The van der Waals surface area contributed by atoms with Crippen LogP contribution in [0.2, 0.25) is 0 Å². The van der Waals surface area contributed by atoms with Gasteiger partial charge in [0, 0.05) is 30.4 Å². The molecule has 1 aliphatic heterocycles. The molecule has 1 atom stereocenters. The molecule has 0 spiro atoms. The average Bonchev–Trinajstić information content (AvgIpc) is 2.74. The number of nitrogens with one attached hydrogen (secondary N) is 1. The van der Waals surface area contributed by atoms with Gasteiger partial charge in [-0.15, -0.1) is 12.4 Å². The molecule has 30 heavy (non-hydrogen) atoms. The number of carboxylic acid groups (broad SMARTS) is 1. The Morgan fingerprint density at radius 3 is 2.33 bits per heavy atom. The molecule has 0 aliphatic carbocycles. The molecule has 2 aromatic carbocycles. The van der Waals surface area contributed by atoms with Crippen LogP contribution in [0, 0.1) is 0 Å². The van der Waals surface area contributed by atoms with Crippen molar-refractivity contribution in [1.82, 2.24) is 9.80 Å². The predicted molar refractivity (Wildman–Crippen MR) is 122 cm³/mol. The Bertz CT molecular complexity index is 839. The van der Waals surface area contributed by atoms with E-state index in [1.165, 1.54) is 0 Å². The number of likely N-dealkylation sites (N-methyl/N-ethyl adjacent to an activating group) is 1. The van der Waals surface area contributed by atoms with Crippen LogP contribution in [0.15, 0.2) is 54.6 Å². The lowest BCUT2D eigenvalue weighted by atomic mass is 10.0. The monoisotopic (exact) mass is 431 g/mol. The fourth-order valence-corrected chi connectivity index (χ4v) is 3.92. The number of carbonyl (C=O) groups excluding carboxylic acids is 1. The van der Waals surface area contributed by atoms with Gasteiger partial charge in [-0.1, -0.05) is 48.5 Å². The maximum atomic E-state index is 12.9.